The van der Waals surface area contributed by atoms with E-state index in [0.717, 1.165) is 10.4 Å². The van der Waals surface area contributed by atoms with Gasteiger partial charge >= 0.3 is 5.97 Å². The third-order valence-electron chi connectivity index (χ3n) is 3.95. The second-order valence-electron chi connectivity index (χ2n) is 6.15. The van der Waals surface area contributed by atoms with E-state index in [2.05, 4.69) is 15.5 Å². The summed E-state index contributed by atoms with van der Waals surface area (Å²) in [5.41, 5.74) is 1.13. The lowest BCUT2D eigenvalue weighted by atomic mass is 10.2. The molecule has 0 radical (unpaired) electrons. The molecule has 3 aromatic rings. The van der Waals surface area contributed by atoms with E-state index in [9.17, 15) is 9.59 Å². The number of aryl methyl sites for hydroxylation is 1. The number of ether oxygens (including phenoxy) is 1. The number of thioether (sulfide) groups is 1. The molecule has 158 valence electrons. The van der Waals surface area contributed by atoms with E-state index >= 15 is 0 Å². The fourth-order valence-electron chi connectivity index (χ4n) is 2.59. The first-order valence-electron chi connectivity index (χ1n) is 8.85. The number of nitrogens with zero attached hydrogens (tertiary/aromatic N) is 3. The topological polar surface area (TPSA) is 86.1 Å². The third-order valence-corrected chi connectivity index (χ3v) is 6.67. The van der Waals surface area contributed by atoms with E-state index in [1.807, 2.05) is 6.92 Å². The van der Waals surface area contributed by atoms with Crippen molar-refractivity contribution in [1.82, 2.24) is 14.8 Å². The van der Waals surface area contributed by atoms with E-state index in [0.29, 0.717) is 31.6 Å². The Hall–Kier alpha value is -2.07. The monoisotopic (exact) mass is 484 g/mol. The molecule has 1 N–H and O–H groups in total. The molecule has 0 atom stereocenters. The predicted molar refractivity (Wildman–Crippen MR) is 121 cm³/mol. The van der Waals surface area contributed by atoms with Crippen LogP contribution in [0.2, 0.25) is 10.0 Å². The quantitative estimate of drug-likeness (QED) is 0.372. The molecule has 0 aliphatic heterocycles. The number of carbonyl (C=O) groups excluding carboxylic acids is 2. The Labute approximate surface area is 191 Å². The number of esters is 1. The lowest BCUT2D eigenvalue weighted by Gasteiger charge is -2.07. The molecule has 2 heterocycles. The fraction of sp³-hybridized carbons (Fsp3) is 0.263. The minimum absolute atomic E-state index is 0.104. The molecule has 1 aromatic carbocycles. The molecule has 11 heteroatoms. The van der Waals surface area contributed by atoms with Gasteiger partial charge in [-0.05, 0) is 38.1 Å². The van der Waals surface area contributed by atoms with Gasteiger partial charge in [0.05, 0.1) is 28.0 Å². The number of hydrogen-bond acceptors (Lipinski definition) is 7. The van der Waals surface area contributed by atoms with Gasteiger partial charge in [0.15, 0.2) is 11.0 Å². The van der Waals surface area contributed by atoms with E-state index in [1.165, 1.54) is 23.1 Å². The molecule has 0 saturated carbocycles. The Kier molecular flexibility index (Phi) is 7.41. The summed E-state index contributed by atoms with van der Waals surface area (Å²) in [7, 11) is 1.81. The number of thiophene rings is 1. The lowest BCUT2D eigenvalue weighted by Crippen LogP contribution is -2.16. The molecule has 2 aromatic heterocycles. The number of rotatable bonds is 7. The van der Waals surface area contributed by atoms with Crippen LogP contribution in [0.5, 0.6) is 0 Å². The van der Waals surface area contributed by atoms with Crippen molar-refractivity contribution in [3.63, 3.8) is 0 Å². The van der Waals surface area contributed by atoms with Crippen molar-refractivity contribution >= 4 is 63.2 Å². The number of carbonyl (C=O) groups is 2. The summed E-state index contributed by atoms with van der Waals surface area (Å²) in [6.45, 7) is 3.87. The molecule has 3 rings (SSSR count). The van der Waals surface area contributed by atoms with Gasteiger partial charge in [0.1, 0.15) is 5.00 Å². The molecule has 1 amide bonds. The summed E-state index contributed by atoms with van der Waals surface area (Å²) in [5, 5.41) is 13.0. The van der Waals surface area contributed by atoms with Crippen molar-refractivity contribution in [2.75, 3.05) is 17.7 Å². The van der Waals surface area contributed by atoms with Crippen LogP contribution in [0.1, 0.15) is 22.2 Å². The van der Waals surface area contributed by atoms with Crippen molar-refractivity contribution in [2.24, 2.45) is 7.05 Å². The summed E-state index contributed by atoms with van der Waals surface area (Å²) in [5.74, 6) is -0.00200. The van der Waals surface area contributed by atoms with Crippen LogP contribution in [0.25, 0.3) is 11.4 Å². The smallest absolute Gasteiger partial charge is 0.341 e. The van der Waals surface area contributed by atoms with Crippen molar-refractivity contribution in [2.45, 2.75) is 19.0 Å². The minimum atomic E-state index is -0.454. The summed E-state index contributed by atoms with van der Waals surface area (Å²) >= 11 is 14.6. The van der Waals surface area contributed by atoms with Gasteiger partial charge < -0.3 is 14.6 Å². The number of anilines is 1. The highest BCUT2D eigenvalue weighted by atomic mass is 35.5. The van der Waals surface area contributed by atoms with Crippen LogP contribution in [0.4, 0.5) is 5.00 Å². The number of nitrogens with one attached hydrogen (secondary N) is 1. The Morgan fingerprint density at radius 2 is 2.00 bits per heavy atom. The van der Waals surface area contributed by atoms with Gasteiger partial charge in [-0.15, -0.1) is 21.5 Å². The van der Waals surface area contributed by atoms with Crippen molar-refractivity contribution in [3.05, 3.63) is 44.8 Å². The summed E-state index contributed by atoms with van der Waals surface area (Å²) in [4.78, 5) is 25.4. The first kappa shape index (κ1) is 22.6. The molecular formula is C19H18Cl2N4O3S2. The Morgan fingerprint density at radius 1 is 1.23 bits per heavy atom. The minimum Gasteiger partial charge on any atom is -0.462 e. The Balaban J connectivity index is 1.67. The molecule has 30 heavy (non-hydrogen) atoms. The van der Waals surface area contributed by atoms with Crippen LogP contribution in [-0.2, 0) is 16.6 Å². The molecule has 0 aliphatic rings. The standard InChI is InChI=1S/C19H18Cl2N4O3S2/c1-4-28-18(27)12-7-10(2)30-17(12)22-15(26)9-29-19-24-23-16(25(19)3)11-5-6-13(20)14(21)8-11/h5-8H,4,9H2,1-3H3,(H,22,26). The third kappa shape index (κ3) is 5.15. The van der Waals surface area contributed by atoms with Crippen LogP contribution in [0.15, 0.2) is 29.4 Å². The normalized spacial score (nSPS) is 10.8. The number of benzene rings is 1. The maximum atomic E-state index is 12.4. The summed E-state index contributed by atoms with van der Waals surface area (Å²) in [6, 6.07) is 6.91. The molecule has 0 unspecified atom stereocenters. The average Bonchev–Trinajstić information content (AvgIpc) is 3.25. The molecule has 0 bridgehead atoms. The average molecular weight is 485 g/mol. The van der Waals surface area contributed by atoms with E-state index in [-0.39, 0.29) is 18.3 Å². The number of halogens is 2. The number of hydrogen-bond donors (Lipinski definition) is 1. The summed E-state index contributed by atoms with van der Waals surface area (Å²) < 4.78 is 6.82. The first-order valence-corrected chi connectivity index (χ1v) is 11.4. The summed E-state index contributed by atoms with van der Waals surface area (Å²) in [6.07, 6.45) is 0. The van der Waals surface area contributed by atoms with E-state index in [1.54, 1.807) is 42.8 Å². The molecule has 0 aliphatic carbocycles. The van der Waals surface area contributed by atoms with Gasteiger partial charge in [0, 0.05) is 17.5 Å². The number of amides is 1. The van der Waals surface area contributed by atoms with Crippen molar-refractivity contribution < 1.29 is 14.3 Å². The second kappa shape index (κ2) is 9.82. The van der Waals surface area contributed by atoms with Gasteiger partial charge in [-0.25, -0.2) is 4.79 Å². The zero-order valence-electron chi connectivity index (χ0n) is 16.4. The van der Waals surface area contributed by atoms with Gasteiger partial charge in [-0.1, -0.05) is 35.0 Å². The maximum absolute atomic E-state index is 12.4. The molecule has 0 saturated heterocycles. The van der Waals surface area contributed by atoms with Gasteiger partial charge in [0.25, 0.3) is 0 Å². The highest BCUT2D eigenvalue weighted by molar-refractivity contribution is 7.99. The highest BCUT2D eigenvalue weighted by Crippen LogP contribution is 2.30. The van der Waals surface area contributed by atoms with Crippen molar-refractivity contribution in [3.8, 4) is 11.4 Å². The largest absolute Gasteiger partial charge is 0.462 e. The second-order valence-corrected chi connectivity index (χ2v) is 9.16. The Bertz CT molecular complexity index is 1100. The SMILES string of the molecule is CCOC(=O)c1cc(C)sc1NC(=O)CSc1nnc(-c2ccc(Cl)c(Cl)c2)n1C. The molecule has 0 fully saturated rings. The fourth-order valence-corrected chi connectivity index (χ4v) is 4.51. The van der Waals surface area contributed by atoms with E-state index < -0.39 is 5.97 Å². The maximum Gasteiger partial charge on any atom is 0.341 e. The van der Waals surface area contributed by atoms with Crippen LogP contribution in [-0.4, -0.2) is 39.0 Å². The predicted octanol–water partition coefficient (Wildman–Crippen LogP) is 5.07. The van der Waals surface area contributed by atoms with Gasteiger partial charge in [-0.3, -0.25) is 4.79 Å². The van der Waals surface area contributed by atoms with Crippen LogP contribution >= 0.6 is 46.3 Å². The highest BCUT2D eigenvalue weighted by Gasteiger charge is 2.19. The zero-order valence-corrected chi connectivity index (χ0v) is 19.5. The lowest BCUT2D eigenvalue weighted by molar-refractivity contribution is -0.113. The molecule has 0 spiro atoms. The first-order chi connectivity index (χ1) is 14.3. The number of aromatic nitrogens is 3. The van der Waals surface area contributed by atoms with Crippen LogP contribution in [0, 0.1) is 6.92 Å². The van der Waals surface area contributed by atoms with E-state index in [4.69, 9.17) is 27.9 Å². The Morgan fingerprint density at radius 3 is 2.70 bits per heavy atom. The van der Waals surface area contributed by atoms with Gasteiger partial charge in [0.2, 0.25) is 5.91 Å². The molecular weight excluding hydrogens is 467 g/mol. The zero-order chi connectivity index (χ0) is 21.8. The van der Waals surface area contributed by atoms with Crippen molar-refractivity contribution in [1.29, 1.82) is 0 Å². The van der Waals surface area contributed by atoms with Crippen LogP contribution < -0.4 is 5.32 Å². The van der Waals surface area contributed by atoms with Gasteiger partial charge in [-0.2, -0.15) is 0 Å². The molecule has 7 nitrogen and oxygen atoms in total. The van der Waals surface area contributed by atoms with Crippen LogP contribution in [0.3, 0.4) is 0 Å².